The molecule has 1 atom stereocenters. The molecule has 100 valence electrons. The molecule has 1 aromatic heterocycles. The van der Waals surface area contributed by atoms with Gasteiger partial charge in [-0.1, -0.05) is 24.6 Å². The first-order valence-electron chi connectivity index (χ1n) is 6.84. The van der Waals surface area contributed by atoms with E-state index in [1.165, 1.54) is 0 Å². The molecule has 1 aromatic carbocycles. The molecule has 19 heavy (non-hydrogen) atoms. The minimum absolute atomic E-state index is 0.0484. The van der Waals surface area contributed by atoms with Crippen LogP contribution in [-0.4, -0.2) is 23.1 Å². The Kier molecular flexibility index (Phi) is 3.25. The topological polar surface area (TPSA) is 46.1 Å². The van der Waals surface area contributed by atoms with E-state index in [2.05, 4.69) is 16.7 Å². The van der Waals surface area contributed by atoms with Crippen molar-refractivity contribution in [2.75, 3.05) is 11.9 Å². The van der Waals surface area contributed by atoms with E-state index in [-0.39, 0.29) is 11.9 Å². The Morgan fingerprint density at radius 1 is 1.37 bits per heavy atom. The van der Waals surface area contributed by atoms with Gasteiger partial charge in [-0.3, -0.25) is 4.79 Å². The van der Waals surface area contributed by atoms with Crippen molar-refractivity contribution >= 4 is 22.5 Å². The lowest BCUT2D eigenvalue weighted by Gasteiger charge is -2.22. The van der Waals surface area contributed by atoms with Crippen molar-refractivity contribution in [3.05, 3.63) is 30.5 Å². The lowest BCUT2D eigenvalue weighted by atomic mass is 10.0. The van der Waals surface area contributed by atoms with Crippen LogP contribution in [-0.2, 0) is 11.8 Å². The Bertz CT molecular complexity index is 596. The van der Waals surface area contributed by atoms with Gasteiger partial charge >= 0.3 is 0 Å². The fourth-order valence-electron chi connectivity index (χ4n) is 2.74. The largest absolute Gasteiger partial charge is 0.348 e. The van der Waals surface area contributed by atoms with Gasteiger partial charge in [0, 0.05) is 24.1 Å². The lowest BCUT2D eigenvalue weighted by Crippen LogP contribution is -2.43. The Labute approximate surface area is 112 Å². The summed E-state index contributed by atoms with van der Waals surface area (Å²) in [6.07, 6.45) is 5.20. The van der Waals surface area contributed by atoms with Crippen LogP contribution in [0.3, 0.4) is 0 Å². The summed E-state index contributed by atoms with van der Waals surface area (Å²) in [5.41, 5.74) is 2.03. The van der Waals surface area contributed by atoms with Crippen LogP contribution in [0.15, 0.2) is 30.5 Å². The molecule has 0 aliphatic carbocycles. The second-order valence-corrected chi connectivity index (χ2v) is 5.16. The van der Waals surface area contributed by atoms with Gasteiger partial charge in [0.25, 0.3) is 0 Å². The molecule has 0 radical (unpaired) electrons. The van der Waals surface area contributed by atoms with E-state index in [0.29, 0.717) is 0 Å². The number of piperidine rings is 1. The molecule has 0 saturated carbocycles. The zero-order chi connectivity index (χ0) is 13.2. The number of amides is 1. The number of carbonyl (C=O) groups is 1. The highest BCUT2D eigenvalue weighted by Gasteiger charge is 2.21. The van der Waals surface area contributed by atoms with Crippen molar-refractivity contribution in [1.29, 1.82) is 0 Å². The van der Waals surface area contributed by atoms with Gasteiger partial charge in [-0.05, 0) is 25.5 Å². The Morgan fingerprint density at radius 2 is 2.21 bits per heavy atom. The minimum atomic E-state index is -0.0484. The van der Waals surface area contributed by atoms with Gasteiger partial charge in [-0.25, -0.2) is 0 Å². The first kappa shape index (κ1) is 12.2. The summed E-state index contributed by atoms with van der Waals surface area (Å²) in [6.45, 7) is 0.938. The number of rotatable bonds is 2. The van der Waals surface area contributed by atoms with Crippen LogP contribution in [0.2, 0.25) is 0 Å². The normalized spacial score (nSPS) is 19.5. The number of nitrogens with zero attached hydrogens (tertiary/aromatic N) is 1. The smallest absolute Gasteiger partial charge is 0.241 e. The average molecular weight is 257 g/mol. The number of fused-ring (bicyclic) bond motifs is 1. The Hall–Kier alpha value is -1.81. The fourth-order valence-corrected chi connectivity index (χ4v) is 2.74. The third-order valence-corrected chi connectivity index (χ3v) is 3.78. The quantitative estimate of drug-likeness (QED) is 0.867. The number of aromatic nitrogens is 1. The van der Waals surface area contributed by atoms with Crippen LogP contribution in [0.4, 0.5) is 5.69 Å². The number of anilines is 1. The van der Waals surface area contributed by atoms with Crippen molar-refractivity contribution in [1.82, 2.24) is 9.88 Å². The molecule has 4 nitrogen and oxygen atoms in total. The molecule has 2 aromatic rings. The fraction of sp³-hybridized carbons (Fsp3) is 0.400. The van der Waals surface area contributed by atoms with Crippen LogP contribution >= 0.6 is 0 Å². The standard InChI is InChI=1S/C15H19N3O/c1-18-10-13(11-6-2-3-8-14(11)18)17-15(19)12-7-4-5-9-16-12/h2-3,6,8,10,12,16H,4-5,7,9H2,1H3,(H,17,19). The van der Waals surface area contributed by atoms with Gasteiger partial charge < -0.3 is 15.2 Å². The third kappa shape index (κ3) is 2.36. The Morgan fingerprint density at radius 3 is 3.00 bits per heavy atom. The van der Waals surface area contributed by atoms with E-state index >= 15 is 0 Å². The maximum Gasteiger partial charge on any atom is 0.241 e. The number of nitrogens with one attached hydrogen (secondary N) is 2. The molecule has 0 bridgehead atoms. The highest BCUT2D eigenvalue weighted by Crippen LogP contribution is 2.25. The van der Waals surface area contributed by atoms with E-state index in [1.54, 1.807) is 0 Å². The number of hydrogen-bond donors (Lipinski definition) is 2. The van der Waals surface area contributed by atoms with E-state index in [1.807, 2.05) is 36.0 Å². The molecule has 3 rings (SSSR count). The van der Waals surface area contributed by atoms with E-state index < -0.39 is 0 Å². The maximum absolute atomic E-state index is 12.2. The molecule has 1 fully saturated rings. The van der Waals surface area contributed by atoms with Gasteiger partial charge in [-0.2, -0.15) is 0 Å². The molecule has 2 N–H and O–H groups in total. The van der Waals surface area contributed by atoms with Gasteiger partial charge in [-0.15, -0.1) is 0 Å². The molecule has 1 amide bonds. The number of carbonyl (C=O) groups excluding carboxylic acids is 1. The highest BCUT2D eigenvalue weighted by atomic mass is 16.2. The number of aryl methyl sites for hydroxylation is 1. The summed E-state index contributed by atoms with van der Waals surface area (Å²) in [4.78, 5) is 12.2. The van der Waals surface area contributed by atoms with E-state index in [9.17, 15) is 4.79 Å². The highest BCUT2D eigenvalue weighted by molar-refractivity contribution is 6.03. The molecule has 1 unspecified atom stereocenters. The SMILES string of the molecule is Cn1cc(NC(=O)C2CCCCN2)c2ccccc21. The summed E-state index contributed by atoms with van der Waals surface area (Å²) in [6, 6.07) is 8.06. The summed E-state index contributed by atoms with van der Waals surface area (Å²) < 4.78 is 2.04. The summed E-state index contributed by atoms with van der Waals surface area (Å²) >= 11 is 0. The van der Waals surface area contributed by atoms with Gasteiger partial charge in [0.2, 0.25) is 5.91 Å². The van der Waals surface area contributed by atoms with Crippen molar-refractivity contribution in [3.8, 4) is 0 Å². The summed E-state index contributed by atoms with van der Waals surface area (Å²) in [5, 5.41) is 7.42. The zero-order valence-electron chi connectivity index (χ0n) is 11.1. The lowest BCUT2D eigenvalue weighted by molar-refractivity contribution is -0.118. The second kappa shape index (κ2) is 5.05. The van der Waals surface area contributed by atoms with Gasteiger partial charge in [0.05, 0.1) is 11.7 Å². The second-order valence-electron chi connectivity index (χ2n) is 5.16. The van der Waals surface area contributed by atoms with Crippen molar-refractivity contribution in [3.63, 3.8) is 0 Å². The number of hydrogen-bond acceptors (Lipinski definition) is 2. The molecule has 2 heterocycles. The third-order valence-electron chi connectivity index (χ3n) is 3.78. The average Bonchev–Trinajstić information content (AvgIpc) is 2.77. The van der Waals surface area contributed by atoms with Gasteiger partial charge in [0.1, 0.15) is 0 Å². The first-order valence-corrected chi connectivity index (χ1v) is 6.84. The molecule has 1 aliphatic rings. The van der Waals surface area contributed by atoms with E-state index in [0.717, 1.165) is 42.4 Å². The predicted octanol–water partition coefficient (Wildman–Crippen LogP) is 2.26. The van der Waals surface area contributed by atoms with E-state index in [4.69, 9.17) is 0 Å². The first-order chi connectivity index (χ1) is 9.25. The van der Waals surface area contributed by atoms with Crippen LogP contribution in [0.25, 0.3) is 10.9 Å². The minimum Gasteiger partial charge on any atom is -0.348 e. The van der Waals surface area contributed by atoms with Crippen molar-refractivity contribution in [2.24, 2.45) is 7.05 Å². The molecule has 1 aliphatic heterocycles. The van der Waals surface area contributed by atoms with Crippen molar-refractivity contribution < 1.29 is 4.79 Å². The van der Waals surface area contributed by atoms with Crippen LogP contribution in [0, 0.1) is 0 Å². The summed E-state index contributed by atoms with van der Waals surface area (Å²) in [5.74, 6) is 0.0797. The number of benzene rings is 1. The van der Waals surface area contributed by atoms with Crippen LogP contribution < -0.4 is 10.6 Å². The zero-order valence-corrected chi connectivity index (χ0v) is 11.1. The molecule has 4 heteroatoms. The molecule has 1 saturated heterocycles. The number of para-hydroxylation sites is 1. The predicted molar refractivity (Wildman–Crippen MR) is 77.2 cm³/mol. The molecule has 0 spiro atoms. The van der Waals surface area contributed by atoms with Crippen LogP contribution in [0.5, 0.6) is 0 Å². The monoisotopic (exact) mass is 257 g/mol. The maximum atomic E-state index is 12.2. The molecular formula is C15H19N3O. The summed E-state index contributed by atoms with van der Waals surface area (Å²) in [7, 11) is 2.00. The van der Waals surface area contributed by atoms with Gasteiger partial charge in [0.15, 0.2) is 0 Å². The Balaban J connectivity index is 1.83. The van der Waals surface area contributed by atoms with Crippen molar-refractivity contribution in [2.45, 2.75) is 25.3 Å². The van der Waals surface area contributed by atoms with Crippen LogP contribution in [0.1, 0.15) is 19.3 Å². The molecular weight excluding hydrogens is 238 g/mol.